The zero-order chi connectivity index (χ0) is 7.28. The van der Waals surface area contributed by atoms with Crippen LogP contribution < -0.4 is 17.2 Å². The minimum atomic E-state index is 0.0940. The SMILES string of the molecule is CC(N)C(N)CCCN. The van der Waals surface area contributed by atoms with E-state index in [1.807, 2.05) is 6.92 Å². The molecular formula is C6H17N3. The molecular weight excluding hydrogens is 114 g/mol. The molecule has 0 amide bonds. The van der Waals surface area contributed by atoms with Gasteiger partial charge in [0.1, 0.15) is 0 Å². The third-order valence-electron chi connectivity index (χ3n) is 1.42. The summed E-state index contributed by atoms with van der Waals surface area (Å²) in [7, 11) is 0. The number of nitrogens with two attached hydrogens (primary N) is 3. The van der Waals surface area contributed by atoms with Gasteiger partial charge < -0.3 is 17.2 Å². The van der Waals surface area contributed by atoms with Crippen molar-refractivity contribution in [3.8, 4) is 0 Å². The quantitative estimate of drug-likeness (QED) is 0.476. The van der Waals surface area contributed by atoms with E-state index >= 15 is 0 Å². The molecule has 2 unspecified atom stereocenters. The van der Waals surface area contributed by atoms with Crippen molar-refractivity contribution in [3.05, 3.63) is 0 Å². The number of rotatable bonds is 4. The summed E-state index contributed by atoms with van der Waals surface area (Å²) in [4.78, 5) is 0. The standard InChI is InChI=1S/C6H17N3/c1-5(8)6(9)3-2-4-7/h5-6H,2-4,7-9H2,1H3. The lowest BCUT2D eigenvalue weighted by Gasteiger charge is -2.13. The summed E-state index contributed by atoms with van der Waals surface area (Å²) in [5.74, 6) is 0. The van der Waals surface area contributed by atoms with Crippen LogP contribution in [-0.2, 0) is 0 Å². The first-order valence-electron chi connectivity index (χ1n) is 3.39. The monoisotopic (exact) mass is 131 g/mol. The molecule has 0 aliphatic heterocycles. The summed E-state index contributed by atoms with van der Waals surface area (Å²) in [6.45, 7) is 2.63. The molecule has 0 bridgehead atoms. The first-order valence-corrected chi connectivity index (χ1v) is 3.39. The van der Waals surface area contributed by atoms with Crippen LogP contribution in [0.2, 0.25) is 0 Å². The summed E-state index contributed by atoms with van der Waals surface area (Å²) >= 11 is 0. The molecule has 6 N–H and O–H groups in total. The molecule has 9 heavy (non-hydrogen) atoms. The van der Waals surface area contributed by atoms with Gasteiger partial charge >= 0.3 is 0 Å². The molecule has 56 valence electrons. The minimum Gasteiger partial charge on any atom is -0.330 e. The predicted octanol–water partition coefficient (Wildman–Crippen LogP) is -0.600. The molecule has 0 aromatic rings. The van der Waals surface area contributed by atoms with Gasteiger partial charge in [0.2, 0.25) is 0 Å². The Labute approximate surface area is 56.6 Å². The van der Waals surface area contributed by atoms with Gasteiger partial charge in [0.15, 0.2) is 0 Å². The molecule has 2 atom stereocenters. The van der Waals surface area contributed by atoms with Crippen LogP contribution in [0.25, 0.3) is 0 Å². The lowest BCUT2D eigenvalue weighted by Crippen LogP contribution is -2.39. The van der Waals surface area contributed by atoms with E-state index in [2.05, 4.69) is 0 Å². The highest BCUT2D eigenvalue weighted by molar-refractivity contribution is 4.70. The second-order valence-corrected chi connectivity index (χ2v) is 2.45. The Balaban J connectivity index is 3.16. The first kappa shape index (κ1) is 8.88. The van der Waals surface area contributed by atoms with Gasteiger partial charge in [-0.2, -0.15) is 0 Å². The molecule has 0 fully saturated rings. The van der Waals surface area contributed by atoms with Crippen LogP contribution in [0.4, 0.5) is 0 Å². The van der Waals surface area contributed by atoms with Crippen molar-refractivity contribution >= 4 is 0 Å². The van der Waals surface area contributed by atoms with Gasteiger partial charge in [-0.05, 0) is 26.3 Å². The van der Waals surface area contributed by atoms with Gasteiger partial charge in [-0.15, -0.1) is 0 Å². The zero-order valence-corrected chi connectivity index (χ0v) is 6.01. The summed E-state index contributed by atoms with van der Waals surface area (Å²) in [6, 6.07) is 0.213. The maximum absolute atomic E-state index is 5.62. The van der Waals surface area contributed by atoms with Gasteiger partial charge in [-0.25, -0.2) is 0 Å². The lowest BCUT2D eigenvalue weighted by atomic mass is 10.1. The smallest absolute Gasteiger partial charge is 0.0190 e. The van der Waals surface area contributed by atoms with Crippen molar-refractivity contribution in [3.63, 3.8) is 0 Å². The maximum Gasteiger partial charge on any atom is 0.0190 e. The van der Waals surface area contributed by atoms with Crippen molar-refractivity contribution in [2.75, 3.05) is 6.54 Å². The summed E-state index contributed by atoms with van der Waals surface area (Å²) < 4.78 is 0. The zero-order valence-electron chi connectivity index (χ0n) is 6.01. The Morgan fingerprint density at radius 1 is 1.33 bits per heavy atom. The summed E-state index contributed by atoms with van der Waals surface area (Å²) in [5, 5.41) is 0. The Morgan fingerprint density at radius 2 is 1.89 bits per heavy atom. The van der Waals surface area contributed by atoms with E-state index in [-0.39, 0.29) is 12.1 Å². The number of hydrogen-bond donors (Lipinski definition) is 3. The van der Waals surface area contributed by atoms with Crippen molar-refractivity contribution < 1.29 is 0 Å². The number of hydrogen-bond acceptors (Lipinski definition) is 3. The largest absolute Gasteiger partial charge is 0.330 e. The van der Waals surface area contributed by atoms with Crippen molar-refractivity contribution in [2.24, 2.45) is 17.2 Å². The van der Waals surface area contributed by atoms with E-state index in [9.17, 15) is 0 Å². The third-order valence-corrected chi connectivity index (χ3v) is 1.42. The summed E-state index contributed by atoms with van der Waals surface area (Å²) in [6.07, 6.45) is 1.91. The first-order chi connectivity index (χ1) is 4.18. The fourth-order valence-electron chi connectivity index (χ4n) is 0.616. The maximum atomic E-state index is 5.62. The molecule has 0 saturated carbocycles. The summed E-state index contributed by atoms with van der Waals surface area (Å²) in [5.41, 5.74) is 16.4. The minimum absolute atomic E-state index is 0.0940. The highest BCUT2D eigenvalue weighted by atomic mass is 14.8. The average molecular weight is 131 g/mol. The predicted molar refractivity (Wildman–Crippen MR) is 39.9 cm³/mol. The fraction of sp³-hybridized carbons (Fsp3) is 1.00. The molecule has 0 radical (unpaired) electrons. The van der Waals surface area contributed by atoms with Gasteiger partial charge in [-0.1, -0.05) is 0 Å². The Kier molecular flexibility index (Phi) is 4.67. The second kappa shape index (κ2) is 4.73. The van der Waals surface area contributed by atoms with Crippen molar-refractivity contribution in [2.45, 2.75) is 31.8 Å². The van der Waals surface area contributed by atoms with Gasteiger partial charge in [0.25, 0.3) is 0 Å². The molecule has 3 heteroatoms. The Bertz CT molecular complexity index is 63.3. The van der Waals surface area contributed by atoms with Gasteiger partial charge in [-0.3, -0.25) is 0 Å². The van der Waals surface area contributed by atoms with Crippen LogP contribution in [0.5, 0.6) is 0 Å². The van der Waals surface area contributed by atoms with Crippen LogP contribution in [0.15, 0.2) is 0 Å². The lowest BCUT2D eigenvalue weighted by molar-refractivity contribution is 0.510. The van der Waals surface area contributed by atoms with E-state index in [0.29, 0.717) is 6.54 Å². The molecule has 0 aliphatic rings. The van der Waals surface area contributed by atoms with Gasteiger partial charge in [0, 0.05) is 12.1 Å². The third kappa shape index (κ3) is 4.39. The Morgan fingerprint density at radius 3 is 2.22 bits per heavy atom. The van der Waals surface area contributed by atoms with Crippen LogP contribution in [-0.4, -0.2) is 18.6 Å². The van der Waals surface area contributed by atoms with Crippen molar-refractivity contribution in [1.82, 2.24) is 0 Å². The highest BCUT2D eigenvalue weighted by Gasteiger charge is 2.05. The molecule has 0 saturated heterocycles. The van der Waals surface area contributed by atoms with E-state index in [4.69, 9.17) is 17.2 Å². The van der Waals surface area contributed by atoms with Gasteiger partial charge in [0.05, 0.1) is 0 Å². The Hall–Kier alpha value is -0.120. The molecule has 0 aliphatic carbocycles. The van der Waals surface area contributed by atoms with Crippen LogP contribution >= 0.6 is 0 Å². The molecule has 0 aromatic carbocycles. The topological polar surface area (TPSA) is 78.1 Å². The van der Waals surface area contributed by atoms with E-state index in [1.54, 1.807) is 0 Å². The van der Waals surface area contributed by atoms with Crippen LogP contribution in [0.3, 0.4) is 0 Å². The molecule has 3 nitrogen and oxygen atoms in total. The molecule has 0 rings (SSSR count). The van der Waals surface area contributed by atoms with E-state index in [1.165, 1.54) is 0 Å². The second-order valence-electron chi connectivity index (χ2n) is 2.45. The normalized spacial score (nSPS) is 17.3. The van der Waals surface area contributed by atoms with Crippen molar-refractivity contribution in [1.29, 1.82) is 0 Å². The van der Waals surface area contributed by atoms with E-state index < -0.39 is 0 Å². The average Bonchev–Trinajstić information content (AvgIpc) is 1.82. The molecule has 0 aromatic heterocycles. The molecule has 0 spiro atoms. The van der Waals surface area contributed by atoms with E-state index in [0.717, 1.165) is 12.8 Å². The molecule has 0 heterocycles. The highest BCUT2D eigenvalue weighted by Crippen LogP contribution is 1.94. The van der Waals surface area contributed by atoms with Crippen LogP contribution in [0, 0.1) is 0 Å². The van der Waals surface area contributed by atoms with Crippen LogP contribution in [0.1, 0.15) is 19.8 Å². The fourth-order valence-corrected chi connectivity index (χ4v) is 0.616.